The topological polar surface area (TPSA) is 49.4 Å². The largest absolute Gasteiger partial charge is 0.343 e. The summed E-state index contributed by atoms with van der Waals surface area (Å²) < 4.78 is 0. The number of rotatable bonds is 2. The van der Waals surface area contributed by atoms with Crippen molar-refractivity contribution in [3.63, 3.8) is 0 Å². The van der Waals surface area contributed by atoms with Crippen LogP contribution in [0.15, 0.2) is 12.7 Å². The van der Waals surface area contributed by atoms with Crippen molar-refractivity contribution in [3.05, 3.63) is 12.7 Å². The fraction of sp³-hybridized carbons (Fsp3) is 0.500. The quantitative estimate of drug-likeness (QED) is 0.566. The van der Waals surface area contributed by atoms with E-state index in [0.717, 1.165) is 0 Å². The van der Waals surface area contributed by atoms with Crippen LogP contribution in [0, 0.1) is 0 Å². The summed E-state index contributed by atoms with van der Waals surface area (Å²) in [6, 6.07) is -0.397. The predicted molar refractivity (Wildman–Crippen MR) is 44.4 cm³/mol. The third kappa shape index (κ3) is 1.64. The average Bonchev–Trinajstić information content (AvgIpc) is 2.00. The highest BCUT2D eigenvalue weighted by Crippen LogP contribution is 2.00. The standard InChI is InChI=1S/C8H12N2O2/c1-3-4-10-5-7(11)9-6(2)8(10)12/h3,6H,1,4-5H2,2H3,(H,9,11). The number of amides is 2. The lowest BCUT2D eigenvalue weighted by Gasteiger charge is -2.29. The van der Waals surface area contributed by atoms with Crippen molar-refractivity contribution in [3.8, 4) is 0 Å². The SMILES string of the molecule is C=CCN1CC(=O)NC(C)C1=O. The van der Waals surface area contributed by atoms with Crippen molar-refractivity contribution in [1.82, 2.24) is 10.2 Å². The molecule has 0 spiro atoms. The van der Waals surface area contributed by atoms with Crippen molar-refractivity contribution in [1.29, 1.82) is 0 Å². The zero-order chi connectivity index (χ0) is 9.14. The lowest BCUT2D eigenvalue weighted by atomic mass is 10.2. The Labute approximate surface area is 71.2 Å². The Hall–Kier alpha value is -1.32. The van der Waals surface area contributed by atoms with E-state index in [9.17, 15) is 9.59 Å². The summed E-state index contributed by atoms with van der Waals surface area (Å²) in [6.45, 7) is 5.78. The van der Waals surface area contributed by atoms with Crippen LogP contribution in [0.25, 0.3) is 0 Å². The molecule has 0 radical (unpaired) electrons. The minimum Gasteiger partial charge on any atom is -0.343 e. The van der Waals surface area contributed by atoms with Gasteiger partial charge in [0.25, 0.3) is 0 Å². The summed E-state index contributed by atoms with van der Waals surface area (Å²) in [5, 5.41) is 2.55. The van der Waals surface area contributed by atoms with E-state index in [0.29, 0.717) is 6.54 Å². The molecule has 1 atom stereocenters. The molecule has 1 saturated heterocycles. The molecule has 1 fully saturated rings. The molecule has 1 heterocycles. The first-order valence-corrected chi connectivity index (χ1v) is 3.84. The minimum absolute atomic E-state index is 0.0468. The fourth-order valence-electron chi connectivity index (χ4n) is 1.18. The second-order valence-electron chi connectivity index (χ2n) is 2.80. The van der Waals surface area contributed by atoms with Gasteiger partial charge in [0.05, 0.1) is 6.54 Å². The van der Waals surface area contributed by atoms with Gasteiger partial charge in [0.15, 0.2) is 0 Å². The smallest absolute Gasteiger partial charge is 0.245 e. The van der Waals surface area contributed by atoms with E-state index in [1.54, 1.807) is 13.0 Å². The van der Waals surface area contributed by atoms with Crippen molar-refractivity contribution in [2.45, 2.75) is 13.0 Å². The number of hydrogen-bond acceptors (Lipinski definition) is 2. The maximum absolute atomic E-state index is 11.3. The number of carbonyl (C=O) groups excluding carboxylic acids is 2. The van der Waals surface area contributed by atoms with E-state index >= 15 is 0 Å². The monoisotopic (exact) mass is 168 g/mol. The molecule has 4 nitrogen and oxygen atoms in total. The normalized spacial score (nSPS) is 23.8. The molecule has 0 aliphatic carbocycles. The first kappa shape index (κ1) is 8.77. The van der Waals surface area contributed by atoms with Crippen molar-refractivity contribution >= 4 is 11.8 Å². The van der Waals surface area contributed by atoms with Gasteiger partial charge in [0, 0.05) is 6.54 Å². The van der Waals surface area contributed by atoms with E-state index in [4.69, 9.17) is 0 Å². The van der Waals surface area contributed by atoms with Gasteiger partial charge < -0.3 is 10.2 Å². The van der Waals surface area contributed by atoms with Gasteiger partial charge in [-0.2, -0.15) is 0 Å². The molecule has 1 N–H and O–H groups in total. The summed E-state index contributed by atoms with van der Waals surface area (Å²) in [5.74, 6) is -0.154. The van der Waals surface area contributed by atoms with Crippen molar-refractivity contribution in [2.24, 2.45) is 0 Å². The van der Waals surface area contributed by atoms with Crippen LogP contribution in [0.4, 0.5) is 0 Å². The average molecular weight is 168 g/mol. The highest BCUT2D eigenvalue weighted by atomic mass is 16.2. The highest BCUT2D eigenvalue weighted by molar-refractivity contribution is 5.94. The van der Waals surface area contributed by atoms with E-state index in [2.05, 4.69) is 11.9 Å². The van der Waals surface area contributed by atoms with Gasteiger partial charge >= 0.3 is 0 Å². The molecule has 1 aliphatic heterocycles. The fourth-order valence-corrected chi connectivity index (χ4v) is 1.18. The first-order valence-electron chi connectivity index (χ1n) is 3.84. The molecule has 0 aromatic rings. The van der Waals surface area contributed by atoms with Crippen LogP contribution in [0.3, 0.4) is 0 Å². The molecule has 1 rings (SSSR count). The van der Waals surface area contributed by atoms with Crippen molar-refractivity contribution < 1.29 is 9.59 Å². The molecule has 12 heavy (non-hydrogen) atoms. The van der Waals surface area contributed by atoms with Gasteiger partial charge in [-0.1, -0.05) is 6.08 Å². The van der Waals surface area contributed by atoms with Crippen LogP contribution in [-0.4, -0.2) is 35.8 Å². The van der Waals surface area contributed by atoms with Gasteiger partial charge in [-0.3, -0.25) is 9.59 Å². The molecular formula is C8H12N2O2. The van der Waals surface area contributed by atoms with E-state index in [1.807, 2.05) is 0 Å². The zero-order valence-electron chi connectivity index (χ0n) is 7.04. The molecule has 2 amide bonds. The van der Waals surface area contributed by atoms with E-state index < -0.39 is 6.04 Å². The third-order valence-electron chi connectivity index (χ3n) is 1.74. The summed E-state index contributed by atoms with van der Waals surface area (Å²) in [6.07, 6.45) is 1.61. The van der Waals surface area contributed by atoms with E-state index in [-0.39, 0.29) is 18.4 Å². The van der Waals surface area contributed by atoms with Gasteiger partial charge in [0.1, 0.15) is 6.04 Å². The van der Waals surface area contributed by atoms with Crippen LogP contribution < -0.4 is 5.32 Å². The van der Waals surface area contributed by atoms with Gasteiger partial charge in [-0.05, 0) is 6.92 Å². The molecule has 0 saturated carbocycles. The number of carbonyl (C=O) groups is 2. The third-order valence-corrected chi connectivity index (χ3v) is 1.74. The molecule has 4 heteroatoms. The highest BCUT2D eigenvalue weighted by Gasteiger charge is 2.28. The lowest BCUT2D eigenvalue weighted by Crippen LogP contribution is -2.56. The van der Waals surface area contributed by atoms with Gasteiger partial charge in [0.2, 0.25) is 11.8 Å². The number of piperazine rings is 1. The van der Waals surface area contributed by atoms with Crippen LogP contribution in [-0.2, 0) is 9.59 Å². The zero-order valence-corrected chi connectivity index (χ0v) is 7.04. The summed E-state index contributed by atoms with van der Waals surface area (Å²) >= 11 is 0. The molecule has 0 aromatic carbocycles. The lowest BCUT2D eigenvalue weighted by molar-refractivity contribution is -0.143. The number of hydrogen-bond donors (Lipinski definition) is 1. The summed E-state index contributed by atoms with van der Waals surface area (Å²) in [7, 11) is 0. The van der Waals surface area contributed by atoms with E-state index in [1.165, 1.54) is 4.90 Å². The van der Waals surface area contributed by atoms with Gasteiger partial charge in [-0.15, -0.1) is 6.58 Å². The van der Waals surface area contributed by atoms with Gasteiger partial charge in [-0.25, -0.2) is 0 Å². The van der Waals surface area contributed by atoms with Crippen LogP contribution in [0.1, 0.15) is 6.92 Å². The summed E-state index contributed by atoms with van der Waals surface area (Å²) in [4.78, 5) is 23.8. The number of nitrogens with zero attached hydrogens (tertiary/aromatic N) is 1. The number of nitrogens with one attached hydrogen (secondary N) is 1. The molecule has 66 valence electrons. The maximum Gasteiger partial charge on any atom is 0.245 e. The Kier molecular flexibility index (Phi) is 2.47. The first-order chi connectivity index (χ1) is 5.65. The Bertz CT molecular complexity index is 225. The Morgan fingerprint density at radius 3 is 3.00 bits per heavy atom. The maximum atomic E-state index is 11.3. The van der Waals surface area contributed by atoms with Crippen LogP contribution in [0.5, 0.6) is 0 Å². The minimum atomic E-state index is -0.397. The van der Waals surface area contributed by atoms with Crippen molar-refractivity contribution in [2.75, 3.05) is 13.1 Å². The Morgan fingerprint density at radius 2 is 2.42 bits per heavy atom. The second-order valence-corrected chi connectivity index (χ2v) is 2.80. The molecule has 0 aromatic heterocycles. The molecule has 0 bridgehead atoms. The molecule has 1 aliphatic rings. The summed E-state index contributed by atoms with van der Waals surface area (Å²) in [5.41, 5.74) is 0. The predicted octanol–water partition coefficient (Wildman–Crippen LogP) is -0.481. The van der Waals surface area contributed by atoms with Crippen LogP contribution >= 0.6 is 0 Å². The Balaban J connectivity index is 2.65. The molecular weight excluding hydrogens is 156 g/mol. The van der Waals surface area contributed by atoms with Crippen LogP contribution in [0.2, 0.25) is 0 Å². The second kappa shape index (κ2) is 3.38. The molecule has 1 unspecified atom stereocenters. The Morgan fingerprint density at radius 1 is 1.75 bits per heavy atom.